The van der Waals surface area contributed by atoms with E-state index in [-0.39, 0.29) is 87.1 Å². The lowest BCUT2D eigenvalue weighted by molar-refractivity contribution is 0.280. The fourth-order valence-electron chi connectivity index (χ4n) is 11.6. The van der Waals surface area contributed by atoms with Crippen LogP contribution in [0.15, 0.2) is 228 Å². The third kappa shape index (κ3) is 33.2. The summed E-state index contributed by atoms with van der Waals surface area (Å²) in [7, 11) is 4.50. The highest BCUT2D eigenvalue weighted by atomic mass is 16.5. The summed E-state index contributed by atoms with van der Waals surface area (Å²) in [5, 5.41) is 148. The summed E-state index contributed by atoms with van der Waals surface area (Å²) in [6.45, 7) is 24.7. The molecule has 0 amide bonds. The summed E-state index contributed by atoms with van der Waals surface area (Å²) < 4.78 is 26.4. The number of methoxy groups -OCH3 is 3. The van der Waals surface area contributed by atoms with Crippen LogP contribution in [0, 0.1) is 0 Å². The summed E-state index contributed by atoms with van der Waals surface area (Å²) >= 11 is 0. The van der Waals surface area contributed by atoms with Crippen LogP contribution in [0.2, 0.25) is 0 Å². The maximum atomic E-state index is 10.8. The first-order valence-corrected chi connectivity index (χ1v) is 39.8. The van der Waals surface area contributed by atoms with Gasteiger partial charge in [0.25, 0.3) is 0 Å². The van der Waals surface area contributed by atoms with Crippen LogP contribution in [0.3, 0.4) is 0 Å². The van der Waals surface area contributed by atoms with Gasteiger partial charge in [-0.2, -0.15) is 0 Å². The first-order valence-electron chi connectivity index (χ1n) is 39.8. The molecule has 124 heavy (non-hydrogen) atoms. The number of phenols is 14. The van der Waals surface area contributed by atoms with Gasteiger partial charge in [-0.1, -0.05) is 149 Å². The Hall–Kier alpha value is -14.5. The minimum atomic E-state index is -0.199. The van der Waals surface area contributed by atoms with E-state index < -0.39 is 0 Å². The predicted molar refractivity (Wildman–Crippen MR) is 500 cm³/mol. The van der Waals surface area contributed by atoms with Crippen molar-refractivity contribution in [3.63, 3.8) is 0 Å². The van der Waals surface area contributed by atoms with Crippen LogP contribution in [-0.2, 0) is 32.3 Å². The summed E-state index contributed by atoms with van der Waals surface area (Å²) in [4.78, 5) is 0. The highest BCUT2D eigenvalue weighted by molar-refractivity contribution is 5.78. The van der Waals surface area contributed by atoms with Crippen molar-refractivity contribution >= 4 is 60.8 Å². The Balaban J connectivity index is 0.000000240. The van der Waals surface area contributed by atoms with Crippen LogP contribution in [0.1, 0.15) is 167 Å². The van der Waals surface area contributed by atoms with Gasteiger partial charge in [0.1, 0.15) is 65.0 Å². The summed E-state index contributed by atoms with van der Waals surface area (Å²) in [6.07, 6.45) is 32.3. The van der Waals surface area contributed by atoms with Crippen LogP contribution in [-0.4, -0.2) is 111 Å². The monoisotopic (exact) mass is 1680 g/mol. The molecule has 0 spiro atoms. The van der Waals surface area contributed by atoms with Crippen molar-refractivity contribution in [2.24, 2.45) is 0 Å². The van der Waals surface area contributed by atoms with E-state index in [2.05, 4.69) is 6.08 Å². The van der Waals surface area contributed by atoms with Crippen LogP contribution in [0.25, 0.3) is 60.8 Å². The second-order valence-electron chi connectivity index (χ2n) is 30.3. The molecular weight excluding hydrogens is 1570 g/mol. The molecule has 15 N–H and O–H groups in total. The van der Waals surface area contributed by atoms with Crippen molar-refractivity contribution in [3.05, 3.63) is 311 Å². The average molecular weight is 1690 g/mol. The lowest BCUT2D eigenvalue weighted by atomic mass is 9.95. The van der Waals surface area contributed by atoms with Gasteiger partial charge >= 0.3 is 0 Å². The molecule has 20 nitrogen and oxygen atoms in total. The molecule has 0 aliphatic heterocycles. The number of phenolic OH excluding ortho intramolecular Hbond substituents is 14. The molecule has 0 unspecified atom stereocenters. The minimum absolute atomic E-state index is 0.0455. The molecule has 0 fully saturated rings. The van der Waals surface area contributed by atoms with Crippen molar-refractivity contribution < 1.29 is 100 Å². The molecule has 0 aromatic heterocycles. The third-order valence-electron chi connectivity index (χ3n) is 18.4. The molecule has 0 saturated heterocycles. The second-order valence-corrected chi connectivity index (χ2v) is 30.3. The maximum absolute atomic E-state index is 10.8. The van der Waals surface area contributed by atoms with Gasteiger partial charge < -0.3 is 100 Å². The van der Waals surface area contributed by atoms with Gasteiger partial charge in [-0.15, -0.1) is 0 Å². The Kier molecular flexibility index (Phi) is 39.1. The molecule has 0 saturated carbocycles. The predicted octanol–water partition coefficient (Wildman–Crippen LogP) is 23.4. The van der Waals surface area contributed by atoms with Crippen molar-refractivity contribution in [2.75, 3.05) is 34.5 Å². The highest BCUT2D eigenvalue weighted by Gasteiger charge is 2.17. The van der Waals surface area contributed by atoms with Crippen LogP contribution >= 0.6 is 0 Å². The van der Waals surface area contributed by atoms with Crippen molar-refractivity contribution in [3.8, 4) is 109 Å². The van der Waals surface area contributed by atoms with Gasteiger partial charge in [-0.3, -0.25) is 0 Å². The highest BCUT2D eigenvalue weighted by Crippen LogP contribution is 2.39. The molecule has 0 bridgehead atoms. The van der Waals surface area contributed by atoms with E-state index in [1.54, 1.807) is 158 Å². The Morgan fingerprint density at radius 3 is 0.952 bits per heavy atom. The SMILES string of the molecule is CC(C)=CCOc1cc(O)cc(/C=C/c2ccc(O)c(O)c2)c1.CC(C)=CCc1c(O)cc(/C=C/c2ccc(O)c(O)c2)c(CC=C(C)C)c1O.COc1cc(/C=C/c2cc(O)cc(CO)c2CC=C(C)C)ccc1O.COc1cc(/C=C/c2cc(O)cc(OCC=C(C)C)c2)ccc1O.COc1ccc(/C=C/c2cc(O)c(CC=C(C)C)c(O)c2)cc1O. The van der Waals surface area contributed by atoms with Crippen LogP contribution in [0.5, 0.6) is 109 Å². The fourth-order valence-corrected chi connectivity index (χ4v) is 11.6. The maximum Gasteiger partial charge on any atom is 0.161 e. The Labute approximate surface area is 727 Å². The van der Waals surface area contributed by atoms with Gasteiger partial charge in [0.2, 0.25) is 0 Å². The fraction of sp³-hybridized carbons (Fsp3) is 0.212. The van der Waals surface area contributed by atoms with Crippen molar-refractivity contribution in [1.29, 1.82) is 0 Å². The van der Waals surface area contributed by atoms with E-state index in [1.807, 2.05) is 150 Å². The van der Waals surface area contributed by atoms with Crippen molar-refractivity contribution in [1.82, 2.24) is 0 Å². The number of hydrogen-bond acceptors (Lipinski definition) is 20. The zero-order valence-electron chi connectivity index (χ0n) is 72.9. The molecule has 0 atom stereocenters. The standard InChI is InChI=1S/C24H28O4.C21H24O4.2C20H22O4.C19H20O4/c1-15(2)5-10-19-18(9-7-17-8-12-21(25)23(27)13-17)14-22(26)20(24(19)28)11-6-16(3)4;1-14(2)4-8-19-16(11-18(23)12-17(19)13-22)7-5-15-6-9-20(24)21(10-15)25-3;1-13(2)4-8-16-17(21)11-15(12-18(16)22)6-5-14-7-9-20(24-3)19(23)10-14;1-14(2)8-9-24-18-11-16(10-17(21)13-18)5-4-15-6-7-19(22)20(12-15)23-3;1-13(2)7-8-23-17-10-15(9-16(20)12-17)4-3-14-5-6-18(21)19(22)11-14/h5-9,12-14,25-28H,10-11H2,1-4H3;4-7,9-12,22-24H,8,13H2,1-3H3;4-7,9-12,21-23H,8H2,1-3H3;4-8,10-13,21-22H,9H2,1-3H3;3-7,9-12,20-22H,8H2,1-2H3/b9-7+;7-5+;6-5+;5-4+;4-3+. The molecule has 0 aliphatic carbocycles. The molecule has 0 aliphatic rings. The molecule has 10 aromatic carbocycles. The first-order chi connectivity index (χ1) is 58.9. The van der Waals surface area contributed by atoms with Crippen LogP contribution < -0.4 is 23.7 Å². The van der Waals surface area contributed by atoms with E-state index in [0.29, 0.717) is 101 Å². The molecule has 10 aromatic rings. The lowest BCUT2D eigenvalue weighted by Gasteiger charge is -2.14. The van der Waals surface area contributed by atoms with Crippen LogP contribution in [0.4, 0.5) is 0 Å². The normalized spacial score (nSPS) is 10.8. The van der Waals surface area contributed by atoms with Crippen molar-refractivity contribution in [2.45, 2.75) is 115 Å². The Bertz CT molecular complexity index is 5600. The number of allylic oxidation sites excluding steroid dienone is 10. The van der Waals surface area contributed by atoms with Gasteiger partial charge in [-0.25, -0.2) is 0 Å². The summed E-state index contributed by atoms with van der Waals surface area (Å²) in [6, 6.07) is 42.6. The largest absolute Gasteiger partial charge is 0.508 e. The quantitative estimate of drug-likeness (QED) is 0.0123. The molecule has 10 rings (SSSR count). The van der Waals surface area contributed by atoms with E-state index >= 15 is 0 Å². The summed E-state index contributed by atoms with van der Waals surface area (Å²) in [5.41, 5.74) is 18.1. The topological polar surface area (TPSA) is 350 Å². The van der Waals surface area contributed by atoms with E-state index in [4.69, 9.17) is 23.7 Å². The molecular formula is C104H116O20. The minimum Gasteiger partial charge on any atom is -0.508 e. The number of ether oxygens (including phenoxy) is 5. The summed E-state index contributed by atoms with van der Waals surface area (Å²) in [5.74, 6) is 2.59. The average Bonchev–Trinajstić information content (AvgIpc) is 0.810. The number of hydrogen-bond donors (Lipinski definition) is 15. The van der Waals surface area contributed by atoms with E-state index in [9.17, 15) is 76.6 Å². The number of benzene rings is 10. The van der Waals surface area contributed by atoms with Gasteiger partial charge in [0, 0.05) is 28.8 Å². The molecule has 0 radical (unpaired) electrons. The smallest absolute Gasteiger partial charge is 0.161 e. The first kappa shape index (κ1) is 98.3. The second kappa shape index (κ2) is 49.3. The van der Waals surface area contributed by atoms with E-state index in [1.165, 1.54) is 56.7 Å². The van der Waals surface area contributed by atoms with Gasteiger partial charge in [-0.05, 0) is 303 Å². The zero-order valence-corrected chi connectivity index (χ0v) is 72.9. The van der Waals surface area contributed by atoms with Gasteiger partial charge in [0.05, 0.1) is 27.9 Å². The molecule has 652 valence electrons. The number of aromatic hydroxyl groups is 14. The Morgan fingerprint density at radius 2 is 0.565 bits per heavy atom. The third-order valence-corrected chi connectivity index (χ3v) is 18.4. The number of aliphatic hydroxyl groups is 1. The molecule has 0 heterocycles. The van der Waals surface area contributed by atoms with E-state index in [0.717, 1.165) is 72.4 Å². The Morgan fingerprint density at radius 1 is 0.250 bits per heavy atom. The lowest BCUT2D eigenvalue weighted by Crippen LogP contribution is -1.97. The van der Waals surface area contributed by atoms with Gasteiger partial charge in [0.15, 0.2) is 57.5 Å². The number of aliphatic hydroxyl groups excluding tert-OH is 1. The zero-order chi connectivity index (χ0) is 91.3. The molecule has 20 heteroatoms. The number of rotatable bonds is 28.